The summed E-state index contributed by atoms with van der Waals surface area (Å²) in [6.45, 7) is 4.07. The Labute approximate surface area is 112 Å². The number of aliphatic hydroxyl groups excluding tert-OH is 1. The first kappa shape index (κ1) is 13.5. The molecule has 1 aromatic heterocycles. The van der Waals surface area contributed by atoms with E-state index in [9.17, 15) is 9.90 Å². The first-order chi connectivity index (χ1) is 9.10. The number of rotatable bonds is 4. The van der Waals surface area contributed by atoms with Crippen molar-refractivity contribution in [2.24, 2.45) is 0 Å². The van der Waals surface area contributed by atoms with E-state index in [0.717, 1.165) is 17.5 Å². The summed E-state index contributed by atoms with van der Waals surface area (Å²) in [7, 11) is 0. The Hall–Kier alpha value is -1.94. The minimum Gasteiger partial charge on any atom is -0.386 e. The molecular weight excluding hydrogens is 240 g/mol. The van der Waals surface area contributed by atoms with Crippen molar-refractivity contribution >= 4 is 0 Å². The summed E-state index contributed by atoms with van der Waals surface area (Å²) in [6, 6.07) is 9.28. The number of benzene rings is 1. The van der Waals surface area contributed by atoms with Crippen LogP contribution < -0.4 is 5.56 Å². The molecule has 0 aliphatic rings. The van der Waals surface area contributed by atoms with E-state index in [-0.39, 0.29) is 12.1 Å². The maximum atomic E-state index is 11.7. The zero-order chi connectivity index (χ0) is 13.8. The van der Waals surface area contributed by atoms with Gasteiger partial charge in [-0.15, -0.1) is 0 Å². The van der Waals surface area contributed by atoms with Gasteiger partial charge in [0.05, 0.1) is 18.8 Å². The van der Waals surface area contributed by atoms with Crippen LogP contribution in [0.25, 0.3) is 0 Å². The molecule has 1 heterocycles. The molecule has 1 unspecified atom stereocenters. The van der Waals surface area contributed by atoms with Crippen molar-refractivity contribution < 1.29 is 5.11 Å². The Morgan fingerprint density at radius 1 is 1.32 bits per heavy atom. The Balaban J connectivity index is 2.15. The van der Waals surface area contributed by atoms with Crippen LogP contribution in [-0.4, -0.2) is 14.9 Å². The molecule has 19 heavy (non-hydrogen) atoms. The Kier molecular flexibility index (Phi) is 4.12. The molecule has 4 heteroatoms. The van der Waals surface area contributed by atoms with Crippen molar-refractivity contribution in [1.29, 1.82) is 0 Å². The van der Waals surface area contributed by atoms with Gasteiger partial charge in [-0.2, -0.15) is 5.10 Å². The van der Waals surface area contributed by atoms with E-state index >= 15 is 0 Å². The van der Waals surface area contributed by atoms with Gasteiger partial charge in [-0.05, 0) is 30.0 Å². The number of aryl methyl sites for hydroxylation is 2. The van der Waals surface area contributed by atoms with Crippen LogP contribution in [0.2, 0.25) is 0 Å². The van der Waals surface area contributed by atoms with Crippen molar-refractivity contribution in [1.82, 2.24) is 9.78 Å². The fourth-order valence-corrected chi connectivity index (χ4v) is 1.91. The van der Waals surface area contributed by atoms with Crippen molar-refractivity contribution in [2.45, 2.75) is 32.9 Å². The van der Waals surface area contributed by atoms with E-state index in [1.54, 1.807) is 6.20 Å². The fourth-order valence-electron chi connectivity index (χ4n) is 1.91. The van der Waals surface area contributed by atoms with E-state index in [1.165, 1.54) is 16.3 Å². The molecule has 1 aromatic carbocycles. The maximum absolute atomic E-state index is 11.7. The van der Waals surface area contributed by atoms with Crippen LogP contribution in [0.15, 0.2) is 41.3 Å². The van der Waals surface area contributed by atoms with Gasteiger partial charge in [0, 0.05) is 6.07 Å². The van der Waals surface area contributed by atoms with Gasteiger partial charge >= 0.3 is 0 Å². The average molecular weight is 258 g/mol. The van der Waals surface area contributed by atoms with Crippen LogP contribution in [0.4, 0.5) is 0 Å². The third-order valence-electron chi connectivity index (χ3n) is 3.12. The Morgan fingerprint density at radius 3 is 2.58 bits per heavy atom. The van der Waals surface area contributed by atoms with Crippen LogP contribution in [-0.2, 0) is 13.0 Å². The second kappa shape index (κ2) is 5.80. The molecule has 0 amide bonds. The normalized spacial score (nSPS) is 12.4. The second-order valence-corrected chi connectivity index (χ2v) is 4.66. The van der Waals surface area contributed by atoms with Crippen molar-refractivity contribution in [3.63, 3.8) is 0 Å². The highest BCUT2D eigenvalue weighted by Gasteiger charge is 2.10. The lowest BCUT2D eigenvalue weighted by Gasteiger charge is -2.12. The summed E-state index contributed by atoms with van der Waals surface area (Å²) in [5.74, 6) is 0. The summed E-state index contributed by atoms with van der Waals surface area (Å²) >= 11 is 0. The summed E-state index contributed by atoms with van der Waals surface area (Å²) in [5, 5.41) is 14.2. The topological polar surface area (TPSA) is 55.1 Å². The minimum atomic E-state index is -0.723. The zero-order valence-corrected chi connectivity index (χ0v) is 11.2. The molecule has 100 valence electrons. The molecule has 0 aliphatic heterocycles. The van der Waals surface area contributed by atoms with Gasteiger partial charge in [0.1, 0.15) is 0 Å². The van der Waals surface area contributed by atoms with E-state index in [2.05, 4.69) is 12.0 Å². The lowest BCUT2D eigenvalue weighted by Crippen LogP contribution is -2.25. The highest BCUT2D eigenvalue weighted by molar-refractivity contribution is 5.24. The maximum Gasteiger partial charge on any atom is 0.267 e. The van der Waals surface area contributed by atoms with Gasteiger partial charge < -0.3 is 5.11 Å². The molecule has 2 rings (SSSR count). The minimum absolute atomic E-state index is 0.171. The van der Waals surface area contributed by atoms with Gasteiger partial charge in [-0.3, -0.25) is 4.79 Å². The lowest BCUT2D eigenvalue weighted by molar-refractivity contribution is 0.149. The largest absolute Gasteiger partial charge is 0.386 e. The lowest BCUT2D eigenvalue weighted by atomic mass is 10.1. The van der Waals surface area contributed by atoms with Crippen LogP contribution >= 0.6 is 0 Å². The van der Waals surface area contributed by atoms with Crippen LogP contribution in [0.5, 0.6) is 0 Å². The van der Waals surface area contributed by atoms with Gasteiger partial charge in [-0.1, -0.05) is 31.2 Å². The molecule has 1 atom stereocenters. The molecule has 0 bridgehead atoms. The third kappa shape index (κ3) is 3.29. The standard InChI is InChI=1S/C15H18N2O2/c1-3-12-4-6-13(7-5-12)14(18)10-17-15(19)8-11(2)9-16-17/h4-9,14,18H,3,10H2,1-2H3. The molecule has 4 nitrogen and oxygen atoms in total. The summed E-state index contributed by atoms with van der Waals surface area (Å²) in [6.07, 6.45) is 1.86. The van der Waals surface area contributed by atoms with Crippen LogP contribution in [0.3, 0.4) is 0 Å². The van der Waals surface area contributed by atoms with E-state index < -0.39 is 6.10 Å². The number of aromatic nitrogens is 2. The zero-order valence-electron chi connectivity index (χ0n) is 11.2. The van der Waals surface area contributed by atoms with Crippen molar-refractivity contribution in [3.8, 4) is 0 Å². The Morgan fingerprint density at radius 2 is 2.00 bits per heavy atom. The number of nitrogens with zero attached hydrogens (tertiary/aromatic N) is 2. The van der Waals surface area contributed by atoms with Crippen LogP contribution in [0.1, 0.15) is 29.7 Å². The SMILES string of the molecule is CCc1ccc(C(O)Cn2ncc(C)cc2=O)cc1. The van der Waals surface area contributed by atoms with Crippen molar-refractivity contribution in [3.05, 3.63) is 63.6 Å². The number of hydrogen-bond donors (Lipinski definition) is 1. The summed E-state index contributed by atoms with van der Waals surface area (Å²) in [4.78, 5) is 11.7. The summed E-state index contributed by atoms with van der Waals surface area (Å²) in [5.41, 5.74) is 2.65. The predicted octanol–water partition coefficient (Wildman–Crippen LogP) is 1.85. The van der Waals surface area contributed by atoms with E-state index in [4.69, 9.17) is 0 Å². The molecule has 0 aliphatic carbocycles. The molecule has 0 radical (unpaired) electrons. The van der Waals surface area contributed by atoms with E-state index in [1.807, 2.05) is 31.2 Å². The second-order valence-electron chi connectivity index (χ2n) is 4.66. The third-order valence-corrected chi connectivity index (χ3v) is 3.12. The number of aliphatic hydroxyl groups is 1. The summed E-state index contributed by atoms with van der Waals surface area (Å²) < 4.78 is 1.28. The Bertz CT molecular complexity index is 602. The van der Waals surface area contributed by atoms with Crippen molar-refractivity contribution in [2.75, 3.05) is 0 Å². The molecule has 2 aromatic rings. The first-order valence-corrected chi connectivity index (χ1v) is 6.41. The molecule has 0 fully saturated rings. The first-order valence-electron chi connectivity index (χ1n) is 6.41. The molecule has 1 N–H and O–H groups in total. The van der Waals surface area contributed by atoms with Gasteiger partial charge in [0.15, 0.2) is 0 Å². The molecule has 0 spiro atoms. The fraction of sp³-hybridized carbons (Fsp3) is 0.333. The highest BCUT2D eigenvalue weighted by atomic mass is 16.3. The predicted molar refractivity (Wildman–Crippen MR) is 74.0 cm³/mol. The van der Waals surface area contributed by atoms with Gasteiger partial charge in [0.2, 0.25) is 0 Å². The molecule has 0 saturated carbocycles. The van der Waals surface area contributed by atoms with Crippen LogP contribution in [0, 0.1) is 6.92 Å². The van der Waals surface area contributed by atoms with Gasteiger partial charge in [-0.25, -0.2) is 4.68 Å². The molecular formula is C15H18N2O2. The van der Waals surface area contributed by atoms with E-state index in [0.29, 0.717) is 0 Å². The quantitative estimate of drug-likeness (QED) is 0.910. The monoisotopic (exact) mass is 258 g/mol. The van der Waals surface area contributed by atoms with Gasteiger partial charge in [0.25, 0.3) is 5.56 Å². The molecule has 0 saturated heterocycles. The number of hydrogen-bond acceptors (Lipinski definition) is 3. The highest BCUT2D eigenvalue weighted by Crippen LogP contribution is 2.15. The smallest absolute Gasteiger partial charge is 0.267 e. The average Bonchev–Trinajstić information content (AvgIpc) is 2.42.